The zero-order valence-electron chi connectivity index (χ0n) is 17.2. The Morgan fingerprint density at radius 1 is 1.23 bits per heavy atom. The maximum atomic E-state index is 12.6. The van der Waals surface area contributed by atoms with Crippen LogP contribution in [0.5, 0.6) is 0 Å². The highest BCUT2D eigenvalue weighted by Gasteiger charge is 2.47. The van der Waals surface area contributed by atoms with Crippen molar-refractivity contribution in [2.24, 2.45) is 11.8 Å². The quantitative estimate of drug-likeness (QED) is 0.810. The highest BCUT2D eigenvalue weighted by Crippen LogP contribution is 2.50. The van der Waals surface area contributed by atoms with Gasteiger partial charge in [-0.05, 0) is 42.5 Å². The predicted molar refractivity (Wildman–Crippen MR) is 112 cm³/mol. The van der Waals surface area contributed by atoms with Gasteiger partial charge in [0.25, 0.3) is 5.91 Å². The highest BCUT2D eigenvalue weighted by atomic mass is 16.2. The fraction of sp³-hybridized carbons (Fsp3) is 0.409. The number of amides is 2. The molecule has 0 radical (unpaired) electrons. The zero-order chi connectivity index (χ0) is 21.4. The molecule has 2 aliphatic rings. The van der Waals surface area contributed by atoms with E-state index in [1.54, 1.807) is 20.0 Å². The summed E-state index contributed by atoms with van der Waals surface area (Å²) < 4.78 is 0. The standard InChI is InChI=1S/C22H24N6O2/c1-12-20(27-19-11-25-16(9-23)10-26-19)17-8-15(22(30)24-3)6-7-18(17)28(13(2)29)21(12)14-4-5-14/h6-8,10-12,14,20-21H,4-5H2,1-3H3,(H,24,30)(H,26,27)/t12-,20?,21?/m1/s1. The van der Waals surface area contributed by atoms with E-state index in [9.17, 15) is 9.59 Å². The van der Waals surface area contributed by atoms with Crippen molar-refractivity contribution < 1.29 is 9.59 Å². The van der Waals surface area contributed by atoms with Gasteiger partial charge < -0.3 is 15.5 Å². The van der Waals surface area contributed by atoms with Crippen LogP contribution in [0.4, 0.5) is 11.5 Å². The first-order valence-electron chi connectivity index (χ1n) is 10.1. The molecule has 1 aliphatic carbocycles. The molecule has 4 rings (SSSR count). The Morgan fingerprint density at radius 2 is 2.00 bits per heavy atom. The Bertz CT molecular complexity index is 1020. The summed E-state index contributed by atoms with van der Waals surface area (Å²) in [5.41, 5.74) is 2.49. The van der Waals surface area contributed by atoms with E-state index in [1.165, 1.54) is 12.4 Å². The summed E-state index contributed by atoms with van der Waals surface area (Å²) in [6, 6.07) is 7.35. The van der Waals surface area contributed by atoms with Crippen LogP contribution in [-0.4, -0.2) is 34.9 Å². The molecule has 1 aliphatic heterocycles. The van der Waals surface area contributed by atoms with Crippen molar-refractivity contribution in [3.63, 3.8) is 0 Å². The third kappa shape index (κ3) is 3.47. The monoisotopic (exact) mass is 404 g/mol. The van der Waals surface area contributed by atoms with Gasteiger partial charge in [-0.15, -0.1) is 0 Å². The Labute approximate surface area is 175 Å². The van der Waals surface area contributed by atoms with E-state index in [-0.39, 0.29) is 35.5 Å². The number of hydrogen-bond donors (Lipinski definition) is 2. The number of hydrogen-bond acceptors (Lipinski definition) is 6. The van der Waals surface area contributed by atoms with Gasteiger partial charge in [0.2, 0.25) is 5.91 Å². The van der Waals surface area contributed by atoms with Crippen LogP contribution in [0.25, 0.3) is 0 Å². The summed E-state index contributed by atoms with van der Waals surface area (Å²) >= 11 is 0. The van der Waals surface area contributed by atoms with Crippen LogP contribution in [0, 0.1) is 23.2 Å². The van der Waals surface area contributed by atoms with Crippen LogP contribution in [-0.2, 0) is 4.79 Å². The first-order valence-corrected chi connectivity index (χ1v) is 10.1. The van der Waals surface area contributed by atoms with E-state index >= 15 is 0 Å². The Kier molecular flexibility index (Phi) is 5.12. The molecule has 2 amide bonds. The van der Waals surface area contributed by atoms with Crippen LogP contribution in [0.3, 0.4) is 0 Å². The predicted octanol–water partition coefficient (Wildman–Crippen LogP) is 2.64. The Morgan fingerprint density at radius 3 is 2.57 bits per heavy atom. The van der Waals surface area contributed by atoms with Crippen molar-refractivity contribution in [2.45, 2.75) is 38.8 Å². The van der Waals surface area contributed by atoms with Crippen molar-refractivity contribution in [1.29, 1.82) is 5.26 Å². The van der Waals surface area contributed by atoms with Crippen LogP contribution in [0.2, 0.25) is 0 Å². The van der Waals surface area contributed by atoms with Gasteiger partial charge in [0, 0.05) is 37.2 Å². The van der Waals surface area contributed by atoms with E-state index in [1.807, 2.05) is 23.1 Å². The SMILES string of the molecule is CNC(=O)c1ccc2c(c1)C(Nc1cnc(C#N)cn1)[C@@H](C)C(C1CC1)N2C(C)=O. The molecule has 30 heavy (non-hydrogen) atoms. The maximum absolute atomic E-state index is 12.6. The minimum atomic E-state index is -0.180. The fourth-order valence-electron chi connectivity index (χ4n) is 4.47. The normalized spacial score (nSPS) is 22.6. The summed E-state index contributed by atoms with van der Waals surface area (Å²) in [5.74, 6) is 0.927. The molecule has 3 atom stereocenters. The van der Waals surface area contributed by atoms with Gasteiger partial charge in [0.15, 0.2) is 5.69 Å². The molecule has 0 spiro atoms. The molecule has 1 aromatic heterocycles. The summed E-state index contributed by atoms with van der Waals surface area (Å²) in [4.78, 5) is 35.2. The number of benzene rings is 1. The fourth-order valence-corrected chi connectivity index (χ4v) is 4.47. The molecule has 0 saturated heterocycles. The van der Waals surface area contributed by atoms with Crippen LogP contribution in [0.1, 0.15) is 54.3 Å². The molecule has 0 bridgehead atoms. The number of fused-ring (bicyclic) bond motifs is 1. The van der Waals surface area contributed by atoms with Gasteiger partial charge in [0.05, 0.1) is 18.4 Å². The molecule has 2 heterocycles. The number of rotatable bonds is 4. The van der Waals surface area contributed by atoms with Crippen molar-refractivity contribution in [2.75, 3.05) is 17.3 Å². The molecule has 154 valence electrons. The lowest BCUT2D eigenvalue weighted by Gasteiger charge is -2.46. The summed E-state index contributed by atoms with van der Waals surface area (Å²) in [5, 5.41) is 15.1. The maximum Gasteiger partial charge on any atom is 0.251 e. The highest BCUT2D eigenvalue weighted by molar-refractivity contribution is 5.98. The van der Waals surface area contributed by atoms with Gasteiger partial charge in [-0.25, -0.2) is 9.97 Å². The Balaban J connectivity index is 1.80. The molecule has 1 saturated carbocycles. The van der Waals surface area contributed by atoms with Gasteiger partial charge in [0.1, 0.15) is 11.9 Å². The molecule has 1 aromatic carbocycles. The first kappa shape index (κ1) is 19.8. The Hall–Kier alpha value is -3.47. The van der Waals surface area contributed by atoms with Crippen molar-refractivity contribution in [3.05, 3.63) is 47.4 Å². The van der Waals surface area contributed by atoms with Gasteiger partial charge >= 0.3 is 0 Å². The van der Waals surface area contributed by atoms with Gasteiger partial charge in [-0.3, -0.25) is 9.59 Å². The molecular weight excluding hydrogens is 380 g/mol. The minimum Gasteiger partial charge on any atom is -0.362 e. The number of aromatic nitrogens is 2. The second-order valence-electron chi connectivity index (χ2n) is 7.95. The topological polar surface area (TPSA) is 111 Å². The van der Waals surface area contributed by atoms with Crippen molar-refractivity contribution in [1.82, 2.24) is 15.3 Å². The molecular formula is C22H24N6O2. The number of carbonyl (C=O) groups is 2. The lowest BCUT2D eigenvalue weighted by molar-refractivity contribution is -0.117. The lowest BCUT2D eigenvalue weighted by atomic mass is 9.79. The largest absolute Gasteiger partial charge is 0.362 e. The smallest absolute Gasteiger partial charge is 0.251 e. The minimum absolute atomic E-state index is 0.00399. The number of anilines is 2. The summed E-state index contributed by atoms with van der Waals surface area (Å²) in [6.45, 7) is 3.72. The van der Waals surface area contributed by atoms with Crippen molar-refractivity contribution >= 4 is 23.3 Å². The number of carbonyl (C=O) groups excluding carboxylic acids is 2. The average molecular weight is 404 g/mol. The van der Waals surface area contributed by atoms with Crippen LogP contribution < -0.4 is 15.5 Å². The van der Waals surface area contributed by atoms with E-state index in [4.69, 9.17) is 5.26 Å². The second kappa shape index (κ2) is 7.75. The average Bonchev–Trinajstić information content (AvgIpc) is 3.59. The molecule has 8 heteroatoms. The van der Waals surface area contributed by atoms with Gasteiger partial charge in [-0.1, -0.05) is 6.92 Å². The number of nitrogens with one attached hydrogen (secondary N) is 2. The molecule has 2 N–H and O–H groups in total. The lowest BCUT2D eigenvalue weighted by Crippen LogP contribution is -2.51. The molecule has 2 unspecified atom stereocenters. The van der Waals surface area contributed by atoms with Crippen LogP contribution in [0.15, 0.2) is 30.6 Å². The summed E-state index contributed by atoms with van der Waals surface area (Å²) in [6.07, 6.45) is 5.18. The molecule has 8 nitrogen and oxygen atoms in total. The van der Waals surface area contributed by atoms with Gasteiger partial charge in [-0.2, -0.15) is 5.26 Å². The third-order valence-corrected chi connectivity index (χ3v) is 5.99. The molecule has 2 aromatic rings. The van der Waals surface area contributed by atoms with E-state index in [2.05, 4.69) is 27.5 Å². The summed E-state index contributed by atoms with van der Waals surface area (Å²) in [7, 11) is 1.59. The first-order chi connectivity index (χ1) is 14.4. The van der Waals surface area contributed by atoms with E-state index in [0.29, 0.717) is 17.3 Å². The van der Waals surface area contributed by atoms with Crippen molar-refractivity contribution in [3.8, 4) is 6.07 Å². The van der Waals surface area contributed by atoms with Crippen LogP contribution >= 0.6 is 0 Å². The van der Waals surface area contributed by atoms with E-state index < -0.39 is 0 Å². The number of nitriles is 1. The van der Waals surface area contributed by atoms with E-state index in [0.717, 1.165) is 24.1 Å². The second-order valence-corrected chi connectivity index (χ2v) is 7.95. The zero-order valence-corrected chi connectivity index (χ0v) is 17.2. The third-order valence-electron chi connectivity index (χ3n) is 5.99. The molecule has 1 fully saturated rings. The number of nitrogens with zero attached hydrogens (tertiary/aromatic N) is 4.